The first-order valence-electron chi connectivity index (χ1n) is 8.33. The zero-order valence-corrected chi connectivity index (χ0v) is 15.3. The van der Waals surface area contributed by atoms with Crippen molar-refractivity contribution in [1.82, 2.24) is 5.32 Å². The number of ether oxygens (including phenoxy) is 1. The van der Waals surface area contributed by atoms with Crippen LogP contribution in [0.25, 0.3) is 0 Å². The Morgan fingerprint density at radius 3 is 2.67 bits per heavy atom. The van der Waals surface area contributed by atoms with Crippen molar-refractivity contribution < 1.29 is 4.74 Å². The molecule has 0 aliphatic carbocycles. The third-order valence-electron chi connectivity index (χ3n) is 3.79. The maximum Gasteiger partial charge on any atom is 0.119 e. The van der Waals surface area contributed by atoms with Gasteiger partial charge in [-0.3, -0.25) is 0 Å². The largest absolute Gasteiger partial charge is 0.493 e. The zero-order chi connectivity index (χ0) is 15.5. The number of nitrogens with one attached hydrogen (secondary N) is 1. The van der Waals surface area contributed by atoms with Gasteiger partial charge in [-0.2, -0.15) is 0 Å². The van der Waals surface area contributed by atoms with Crippen molar-refractivity contribution >= 4 is 15.9 Å². The molecule has 0 aliphatic rings. The molecule has 1 rings (SSSR count). The van der Waals surface area contributed by atoms with Gasteiger partial charge in [-0.25, -0.2) is 0 Å². The molecule has 3 heteroatoms. The fourth-order valence-corrected chi connectivity index (χ4v) is 2.68. The lowest BCUT2D eigenvalue weighted by atomic mass is 10.0. The van der Waals surface area contributed by atoms with Crippen LogP contribution in [-0.2, 0) is 6.54 Å². The summed E-state index contributed by atoms with van der Waals surface area (Å²) in [7, 11) is 0. The molecule has 0 saturated carbocycles. The van der Waals surface area contributed by atoms with Crippen molar-refractivity contribution in [3.05, 3.63) is 28.2 Å². The van der Waals surface area contributed by atoms with E-state index in [1.165, 1.54) is 31.2 Å². The van der Waals surface area contributed by atoms with E-state index in [0.717, 1.165) is 36.3 Å². The Bertz CT molecular complexity index is 395. The molecule has 0 amide bonds. The van der Waals surface area contributed by atoms with E-state index < -0.39 is 0 Å². The summed E-state index contributed by atoms with van der Waals surface area (Å²) in [5.41, 5.74) is 1.27. The molecule has 0 bridgehead atoms. The molecule has 1 atom stereocenters. The number of hydrogen-bond acceptors (Lipinski definition) is 2. The van der Waals surface area contributed by atoms with Gasteiger partial charge in [0.15, 0.2) is 0 Å². The van der Waals surface area contributed by atoms with Crippen LogP contribution in [0.3, 0.4) is 0 Å². The highest BCUT2D eigenvalue weighted by Crippen LogP contribution is 2.24. The number of benzene rings is 1. The fraction of sp³-hybridized carbons (Fsp3) is 0.667. The van der Waals surface area contributed by atoms with Gasteiger partial charge in [0, 0.05) is 11.0 Å². The Morgan fingerprint density at radius 1 is 1.19 bits per heavy atom. The standard InChI is InChI=1S/C18H30BrNO/c1-4-7-8-15(6-3)14-21-17-9-10-18(19)16(12-17)13-20-11-5-2/h9-10,12,15,20H,4-8,11,13-14H2,1-3H3. The van der Waals surface area contributed by atoms with Gasteiger partial charge >= 0.3 is 0 Å². The minimum Gasteiger partial charge on any atom is -0.493 e. The van der Waals surface area contributed by atoms with Crippen LogP contribution in [0.4, 0.5) is 0 Å². The smallest absolute Gasteiger partial charge is 0.119 e. The van der Waals surface area contributed by atoms with Crippen LogP contribution in [0.5, 0.6) is 5.75 Å². The van der Waals surface area contributed by atoms with Crippen molar-refractivity contribution in [2.24, 2.45) is 5.92 Å². The molecule has 0 fully saturated rings. The Balaban J connectivity index is 2.52. The highest BCUT2D eigenvalue weighted by atomic mass is 79.9. The third-order valence-corrected chi connectivity index (χ3v) is 4.56. The number of halogens is 1. The molecule has 1 unspecified atom stereocenters. The normalized spacial score (nSPS) is 12.4. The first-order valence-corrected chi connectivity index (χ1v) is 9.12. The van der Waals surface area contributed by atoms with Crippen LogP contribution in [0.2, 0.25) is 0 Å². The van der Waals surface area contributed by atoms with Gasteiger partial charge in [-0.1, -0.05) is 56.0 Å². The monoisotopic (exact) mass is 355 g/mol. The molecule has 21 heavy (non-hydrogen) atoms. The molecule has 0 spiro atoms. The van der Waals surface area contributed by atoms with Gasteiger partial charge in [-0.15, -0.1) is 0 Å². The van der Waals surface area contributed by atoms with Crippen molar-refractivity contribution in [1.29, 1.82) is 0 Å². The van der Waals surface area contributed by atoms with Crippen LogP contribution >= 0.6 is 15.9 Å². The second-order valence-corrected chi connectivity index (χ2v) is 6.51. The predicted molar refractivity (Wildman–Crippen MR) is 94.9 cm³/mol. The van der Waals surface area contributed by atoms with Crippen LogP contribution < -0.4 is 10.1 Å². The minimum absolute atomic E-state index is 0.676. The molecule has 0 radical (unpaired) electrons. The lowest BCUT2D eigenvalue weighted by molar-refractivity contribution is 0.233. The molecule has 2 nitrogen and oxygen atoms in total. The van der Waals surface area contributed by atoms with E-state index >= 15 is 0 Å². The molecule has 0 saturated heterocycles. The van der Waals surface area contributed by atoms with Crippen LogP contribution in [0.1, 0.15) is 58.4 Å². The van der Waals surface area contributed by atoms with E-state index in [1.807, 2.05) is 0 Å². The van der Waals surface area contributed by atoms with Crippen LogP contribution in [0.15, 0.2) is 22.7 Å². The summed E-state index contributed by atoms with van der Waals surface area (Å²) in [6.07, 6.45) is 6.19. The number of rotatable bonds is 11. The van der Waals surface area contributed by atoms with E-state index in [-0.39, 0.29) is 0 Å². The quantitative estimate of drug-likeness (QED) is 0.525. The molecule has 0 aliphatic heterocycles. The van der Waals surface area contributed by atoms with Crippen molar-refractivity contribution in [2.45, 2.75) is 59.4 Å². The van der Waals surface area contributed by atoms with Gasteiger partial charge in [0.2, 0.25) is 0 Å². The van der Waals surface area contributed by atoms with E-state index in [0.29, 0.717) is 5.92 Å². The second kappa shape index (κ2) is 11.1. The summed E-state index contributed by atoms with van der Waals surface area (Å²) < 4.78 is 7.16. The topological polar surface area (TPSA) is 21.3 Å². The van der Waals surface area contributed by atoms with Crippen LogP contribution in [-0.4, -0.2) is 13.2 Å². The Kier molecular flexibility index (Phi) is 9.77. The van der Waals surface area contributed by atoms with E-state index in [1.54, 1.807) is 0 Å². The molecule has 1 N–H and O–H groups in total. The van der Waals surface area contributed by atoms with Crippen LogP contribution in [0, 0.1) is 5.92 Å². The van der Waals surface area contributed by atoms with Gasteiger partial charge in [0.05, 0.1) is 6.61 Å². The summed E-state index contributed by atoms with van der Waals surface area (Å²) in [5.74, 6) is 1.66. The van der Waals surface area contributed by atoms with E-state index in [4.69, 9.17) is 4.74 Å². The molecule has 0 aromatic heterocycles. The zero-order valence-electron chi connectivity index (χ0n) is 13.8. The maximum atomic E-state index is 6.01. The minimum atomic E-state index is 0.676. The van der Waals surface area contributed by atoms with Gasteiger partial charge < -0.3 is 10.1 Å². The van der Waals surface area contributed by atoms with Gasteiger partial charge in [-0.05, 0) is 49.1 Å². The molecular weight excluding hydrogens is 326 g/mol. The molecule has 1 aromatic carbocycles. The average Bonchev–Trinajstić information content (AvgIpc) is 2.50. The third kappa shape index (κ3) is 7.32. The SMILES string of the molecule is CCCCC(CC)COc1ccc(Br)c(CNCCC)c1. The maximum absolute atomic E-state index is 6.01. The summed E-state index contributed by atoms with van der Waals surface area (Å²) >= 11 is 3.61. The first-order chi connectivity index (χ1) is 10.2. The van der Waals surface area contributed by atoms with Crippen molar-refractivity contribution in [3.63, 3.8) is 0 Å². The summed E-state index contributed by atoms with van der Waals surface area (Å²) in [4.78, 5) is 0. The lowest BCUT2D eigenvalue weighted by Gasteiger charge is -2.16. The van der Waals surface area contributed by atoms with Gasteiger partial charge in [0.25, 0.3) is 0 Å². The molecule has 0 heterocycles. The van der Waals surface area contributed by atoms with E-state index in [9.17, 15) is 0 Å². The van der Waals surface area contributed by atoms with Gasteiger partial charge in [0.1, 0.15) is 5.75 Å². The molecular formula is C18H30BrNO. The molecule has 120 valence electrons. The Morgan fingerprint density at radius 2 is 2.00 bits per heavy atom. The summed E-state index contributed by atoms with van der Waals surface area (Å²) in [5, 5.41) is 3.44. The fourth-order valence-electron chi connectivity index (χ4n) is 2.29. The first kappa shape index (κ1) is 18.5. The summed E-state index contributed by atoms with van der Waals surface area (Å²) in [6, 6.07) is 6.30. The lowest BCUT2D eigenvalue weighted by Crippen LogP contribution is -2.15. The number of hydrogen-bond donors (Lipinski definition) is 1. The van der Waals surface area contributed by atoms with Crippen molar-refractivity contribution in [2.75, 3.05) is 13.2 Å². The van der Waals surface area contributed by atoms with Crippen molar-refractivity contribution in [3.8, 4) is 5.75 Å². The van der Waals surface area contributed by atoms with E-state index in [2.05, 4.69) is 60.2 Å². The average molecular weight is 356 g/mol. The number of unbranched alkanes of at least 4 members (excludes halogenated alkanes) is 1. The highest BCUT2D eigenvalue weighted by molar-refractivity contribution is 9.10. The Labute approximate surface area is 138 Å². The predicted octanol–water partition coefficient (Wildman–Crippen LogP) is 5.54. The highest BCUT2D eigenvalue weighted by Gasteiger charge is 2.08. The second-order valence-electron chi connectivity index (χ2n) is 5.66. The molecule has 1 aromatic rings. The summed E-state index contributed by atoms with van der Waals surface area (Å²) in [6.45, 7) is 9.46. The Hall–Kier alpha value is -0.540.